The van der Waals surface area contributed by atoms with Crippen molar-refractivity contribution in [2.24, 2.45) is 0 Å². The maximum absolute atomic E-state index is 13.2. The van der Waals surface area contributed by atoms with Crippen LogP contribution in [0.5, 0.6) is 0 Å². The molecule has 6 heteroatoms. The minimum absolute atomic E-state index is 0.116. The molecule has 2 amide bonds. The van der Waals surface area contributed by atoms with Crippen molar-refractivity contribution >= 4 is 24.4 Å². The first kappa shape index (κ1) is 13.9. The fraction of sp³-hybridized carbons (Fsp3) is 0.385. The Kier molecular flexibility index (Phi) is 3.54. The number of halogens is 1. The van der Waals surface area contributed by atoms with Gasteiger partial charge in [-0.1, -0.05) is 0 Å². The van der Waals surface area contributed by atoms with Crippen LogP contribution in [0, 0.1) is 5.82 Å². The van der Waals surface area contributed by atoms with Crippen molar-refractivity contribution in [3.63, 3.8) is 0 Å². The SMILES string of the molecule is CC1(C)C(=O)NCCN1C(=O)c1ccc(F)c(S)c1. The number of amides is 2. The second-order valence-corrected chi connectivity index (χ2v) is 5.42. The van der Waals surface area contributed by atoms with E-state index in [1.54, 1.807) is 13.8 Å². The highest BCUT2D eigenvalue weighted by Gasteiger charge is 2.40. The van der Waals surface area contributed by atoms with Crippen molar-refractivity contribution in [1.82, 2.24) is 10.2 Å². The number of benzene rings is 1. The van der Waals surface area contributed by atoms with Gasteiger partial charge in [0.25, 0.3) is 5.91 Å². The normalized spacial score (nSPS) is 18.1. The second-order valence-electron chi connectivity index (χ2n) is 4.94. The van der Waals surface area contributed by atoms with E-state index in [0.717, 1.165) is 0 Å². The van der Waals surface area contributed by atoms with E-state index in [2.05, 4.69) is 17.9 Å². The van der Waals surface area contributed by atoms with Crippen LogP contribution < -0.4 is 5.32 Å². The highest BCUT2D eigenvalue weighted by Crippen LogP contribution is 2.22. The Bertz CT molecular complexity index is 545. The number of carbonyl (C=O) groups is 2. The number of thiol groups is 1. The fourth-order valence-corrected chi connectivity index (χ4v) is 2.27. The van der Waals surface area contributed by atoms with Crippen molar-refractivity contribution in [1.29, 1.82) is 0 Å². The molecule has 1 heterocycles. The third kappa shape index (κ3) is 2.45. The summed E-state index contributed by atoms with van der Waals surface area (Å²) in [6.07, 6.45) is 0. The molecular weight excluding hydrogens is 267 g/mol. The van der Waals surface area contributed by atoms with E-state index in [0.29, 0.717) is 18.7 Å². The van der Waals surface area contributed by atoms with E-state index in [4.69, 9.17) is 0 Å². The van der Waals surface area contributed by atoms with Crippen LogP contribution in [0.1, 0.15) is 24.2 Å². The molecule has 0 atom stereocenters. The molecule has 4 nitrogen and oxygen atoms in total. The van der Waals surface area contributed by atoms with Crippen LogP contribution in [-0.4, -0.2) is 35.3 Å². The lowest BCUT2D eigenvalue weighted by atomic mass is 9.97. The summed E-state index contributed by atoms with van der Waals surface area (Å²) < 4.78 is 13.2. The molecule has 1 saturated heterocycles. The summed E-state index contributed by atoms with van der Waals surface area (Å²) >= 11 is 3.96. The lowest BCUT2D eigenvalue weighted by Gasteiger charge is -2.41. The first-order chi connectivity index (χ1) is 8.84. The molecule has 1 aromatic carbocycles. The van der Waals surface area contributed by atoms with E-state index < -0.39 is 11.4 Å². The number of nitrogens with one attached hydrogen (secondary N) is 1. The fourth-order valence-electron chi connectivity index (χ4n) is 2.06. The molecule has 1 aromatic rings. The average Bonchev–Trinajstić information content (AvgIpc) is 2.35. The molecule has 0 saturated carbocycles. The summed E-state index contributed by atoms with van der Waals surface area (Å²) in [5.74, 6) is -0.967. The predicted molar refractivity (Wildman–Crippen MR) is 71.8 cm³/mol. The first-order valence-electron chi connectivity index (χ1n) is 5.93. The Morgan fingerprint density at radius 1 is 1.47 bits per heavy atom. The lowest BCUT2D eigenvalue weighted by molar-refractivity contribution is -0.133. The Balaban J connectivity index is 2.32. The van der Waals surface area contributed by atoms with Gasteiger partial charge in [0.05, 0.1) is 0 Å². The largest absolute Gasteiger partial charge is 0.352 e. The molecule has 2 rings (SSSR count). The predicted octanol–water partition coefficient (Wildman–Crippen LogP) is 1.46. The van der Waals surface area contributed by atoms with Gasteiger partial charge in [-0.15, -0.1) is 12.6 Å². The van der Waals surface area contributed by atoms with Gasteiger partial charge in [0.1, 0.15) is 11.4 Å². The summed E-state index contributed by atoms with van der Waals surface area (Å²) in [4.78, 5) is 25.8. The van der Waals surface area contributed by atoms with Crippen molar-refractivity contribution in [2.45, 2.75) is 24.3 Å². The minimum Gasteiger partial charge on any atom is -0.352 e. The number of hydrogen-bond donors (Lipinski definition) is 2. The molecule has 0 bridgehead atoms. The third-order valence-electron chi connectivity index (χ3n) is 3.29. The highest BCUT2D eigenvalue weighted by molar-refractivity contribution is 7.80. The van der Waals surface area contributed by atoms with Crippen LogP contribution in [-0.2, 0) is 4.79 Å². The molecule has 102 valence electrons. The van der Waals surface area contributed by atoms with Gasteiger partial charge in [-0.3, -0.25) is 9.59 Å². The quantitative estimate of drug-likeness (QED) is 0.766. The summed E-state index contributed by atoms with van der Waals surface area (Å²) in [6, 6.07) is 3.98. The zero-order valence-corrected chi connectivity index (χ0v) is 11.6. The summed E-state index contributed by atoms with van der Waals surface area (Å²) in [6.45, 7) is 4.22. The minimum atomic E-state index is -0.916. The second kappa shape index (κ2) is 4.85. The van der Waals surface area contributed by atoms with Crippen LogP contribution >= 0.6 is 12.6 Å². The summed E-state index contributed by atoms with van der Waals surface area (Å²) in [5.41, 5.74) is -0.588. The molecule has 1 N–H and O–H groups in total. The van der Waals surface area contributed by atoms with Gasteiger partial charge >= 0.3 is 0 Å². The zero-order chi connectivity index (χ0) is 14.2. The molecule has 1 aliphatic rings. The Labute approximate surface area is 116 Å². The van der Waals surface area contributed by atoms with E-state index in [1.807, 2.05) is 0 Å². The number of rotatable bonds is 1. The van der Waals surface area contributed by atoms with Crippen LogP contribution in [0.2, 0.25) is 0 Å². The molecule has 1 aliphatic heterocycles. The van der Waals surface area contributed by atoms with Gasteiger partial charge < -0.3 is 10.2 Å². The third-order valence-corrected chi connectivity index (χ3v) is 3.63. The van der Waals surface area contributed by atoms with E-state index in [-0.39, 0.29) is 16.7 Å². The Morgan fingerprint density at radius 2 is 2.16 bits per heavy atom. The van der Waals surface area contributed by atoms with Gasteiger partial charge in [0.15, 0.2) is 0 Å². The van der Waals surface area contributed by atoms with Crippen LogP contribution in [0.15, 0.2) is 23.1 Å². The average molecular weight is 282 g/mol. The summed E-state index contributed by atoms with van der Waals surface area (Å²) in [5, 5.41) is 2.72. The molecule has 19 heavy (non-hydrogen) atoms. The first-order valence-corrected chi connectivity index (χ1v) is 6.37. The number of piperazine rings is 1. The van der Waals surface area contributed by atoms with Crippen molar-refractivity contribution < 1.29 is 14.0 Å². The number of carbonyl (C=O) groups excluding carboxylic acids is 2. The van der Waals surface area contributed by atoms with Gasteiger partial charge in [-0.25, -0.2) is 4.39 Å². The maximum atomic E-state index is 13.2. The molecule has 0 aliphatic carbocycles. The van der Waals surface area contributed by atoms with Gasteiger partial charge in [0.2, 0.25) is 5.91 Å². The standard InChI is InChI=1S/C13H15FN2O2S/c1-13(2)12(18)15-5-6-16(13)11(17)8-3-4-9(14)10(19)7-8/h3-4,7,19H,5-6H2,1-2H3,(H,15,18). The van der Waals surface area contributed by atoms with Crippen LogP contribution in [0.25, 0.3) is 0 Å². The lowest BCUT2D eigenvalue weighted by Crippen LogP contribution is -2.63. The maximum Gasteiger partial charge on any atom is 0.254 e. The van der Waals surface area contributed by atoms with Crippen LogP contribution in [0.3, 0.4) is 0 Å². The topological polar surface area (TPSA) is 49.4 Å². The van der Waals surface area contributed by atoms with Crippen LogP contribution in [0.4, 0.5) is 4.39 Å². The monoisotopic (exact) mass is 282 g/mol. The molecule has 0 aromatic heterocycles. The smallest absolute Gasteiger partial charge is 0.254 e. The van der Waals surface area contributed by atoms with E-state index in [1.165, 1.54) is 23.1 Å². The van der Waals surface area contributed by atoms with Gasteiger partial charge in [-0.2, -0.15) is 0 Å². The Hall–Kier alpha value is -1.56. The molecule has 1 fully saturated rings. The highest BCUT2D eigenvalue weighted by atomic mass is 32.1. The zero-order valence-electron chi connectivity index (χ0n) is 10.7. The van der Waals surface area contributed by atoms with E-state index >= 15 is 0 Å². The van der Waals surface area contributed by atoms with Gasteiger partial charge in [0, 0.05) is 23.5 Å². The van der Waals surface area contributed by atoms with Crippen molar-refractivity contribution in [2.75, 3.05) is 13.1 Å². The summed E-state index contributed by atoms with van der Waals surface area (Å²) in [7, 11) is 0. The molecule has 0 spiro atoms. The van der Waals surface area contributed by atoms with Gasteiger partial charge in [-0.05, 0) is 32.0 Å². The van der Waals surface area contributed by atoms with Crippen molar-refractivity contribution in [3.05, 3.63) is 29.6 Å². The van der Waals surface area contributed by atoms with E-state index in [9.17, 15) is 14.0 Å². The molecule has 0 radical (unpaired) electrons. The molecule has 0 unspecified atom stereocenters. The van der Waals surface area contributed by atoms with Crippen molar-refractivity contribution in [3.8, 4) is 0 Å². The Morgan fingerprint density at radius 3 is 2.79 bits per heavy atom. The number of hydrogen-bond acceptors (Lipinski definition) is 3. The molecular formula is C13H15FN2O2S. The number of nitrogens with zero attached hydrogens (tertiary/aromatic N) is 1.